The molecule has 0 unspecified atom stereocenters. The summed E-state index contributed by atoms with van der Waals surface area (Å²) in [7, 11) is 2.87. The van der Waals surface area contributed by atoms with Gasteiger partial charge in [0.25, 0.3) is 5.56 Å². The molecule has 0 saturated heterocycles. The summed E-state index contributed by atoms with van der Waals surface area (Å²) in [5, 5.41) is 0. The SMILES string of the molecule is COC(=O)c1cc(C2CC2)c2c(C)c(-c3ccc(N)c(OC)c3)ccn2c1=O. The van der Waals surface area contributed by atoms with Gasteiger partial charge < -0.3 is 15.2 Å². The molecular formula is C22H22N2O4. The molecule has 0 atom stereocenters. The number of rotatable bonds is 4. The lowest BCUT2D eigenvalue weighted by Crippen LogP contribution is -2.24. The maximum Gasteiger partial charge on any atom is 0.343 e. The third-order valence-electron chi connectivity index (χ3n) is 5.38. The number of carbonyl (C=O) groups is 1. The van der Waals surface area contributed by atoms with Gasteiger partial charge in [-0.25, -0.2) is 4.79 Å². The Morgan fingerprint density at radius 1 is 1.18 bits per heavy atom. The van der Waals surface area contributed by atoms with E-state index >= 15 is 0 Å². The summed E-state index contributed by atoms with van der Waals surface area (Å²) in [5.41, 5.74) is 11.0. The summed E-state index contributed by atoms with van der Waals surface area (Å²) >= 11 is 0. The summed E-state index contributed by atoms with van der Waals surface area (Å²) in [6, 6.07) is 9.24. The number of pyridine rings is 2. The first-order valence-electron chi connectivity index (χ1n) is 9.17. The van der Waals surface area contributed by atoms with Gasteiger partial charge in [-0.05, 0) is 72.2 Å². The molecule has 1 saturated carbocycles. The molecule has 0 bridgehead atoms. The summed E-state index contributed by atoms with van der Waals surface area (Å²) in [6.07, 6.45) is 3.82. The number of aryl methyl sites for hydroxylation is 1. The maximum absolute atomic E-state index is 12.9. The Labute approximate surface area is 162 Å². The van der Waals surface area contributed by atoms with Crippen LogP contribution in [0.4, 0.5) is 5.69 Å². The van der Waals surface area contributed by atoms with Crippen LogP contribution in [-0.4, -0.2) is 24.6 Å². The van der Waals surface area contributed by atoms with E-state index < -0.39 is 5.97 Å². The first-order valence-corrected chi connectivity index (χ1v) is 9.17. The van der Waals surface area contributed by atoms with E-state index in [-0.39, 0.29) is 11.1 Å². The van der Waals surface area contributed by atoms with Crippen LogP contribution in [0.25, 0.3) is 16.6 Å². The number of nitrogens with zero attached hydrogens (tertiary/aromatic N) is 1. The number of nitrogen functional groups attached to an aromatic ring is 1. The highest BCUT2D eigenvalue weighted by molar-refractivity contribution is 5.91. The highest BCUT2D eigenvalue weighted by Gasteiger charge is 2.29. The number of aromatic nitrogens is 1. The number of benzene rings is 1. The normalized spacial score (nSPS) is 13.5. The molecule has 6 heteroatoms. The molecule has 2 N–H and O–H groups in total. The molecule has 0 radical (unpaired) electrons. The second-order valence-corrected chi connectivity index (χ2v) is 7.11. The van der Waals surface area contributed by atoms with Crippen molar-refractivity contribution in [2.75, 3.05) is 20.0 Å². The van der Waals surface area contributed by atoms with Crippen LogP contribution in [0.5, 0.6) is 5.75 Å². The molecule has 28 heavy (non-hydrogen) atoms. The van der Waals surface area contributed by atoms with Gasteiger partial charge in [0.15, 0.2) is 0 Å². The summed E-state index contributed by atoms with van der Waals surface area (Å²) in [6.45, 7) is 2.00. The molecule has 2 aromatic heterocycles. The smallest absolute Gasteiger partial charge is 0.343 e. The number of hydrogen-bond donors (Lipinski definition) is 1. The van der Waals surface area contributed by atoms with E-state index in [0.29, 0.717) is 17.4 Å². The van der Waals surface area contributed by atoms with Crippen molar-refractivity contribution in [1.82, 2.24) is 4.40 Å². The van der Waals surface area contributed by atoms with Gasteiger partial charge in [-0.3, -0.25) is 9.20 Å². The van der Waals surface area contributed by atoms with Crippen molar-refractivity contribution in [3.05, 3.63) is 63.6 Å². The van der Waals surface area contributed by atoms with E-state index in [2.05, 4.69) is 0 Å². The Balaban J connectivity index is 2.00. The number of fused-ring (bicyclic) bond motifs is 1. The second kappa shape index (κ2) is 6.71. The van der Waals surface area contributed by atoms with Gasteiger partial charge in [-0.15, -0.1) is 0 Å². The molecule has 1 fully saturated rings. The number of ether oxygens (including phenoxy) is 2. The van der Waals surface area contributed by atoms with Crippen LogP contribution in [0.1, 0.15) is 40.2 Å². The average Bonchev–Trinajstić information content (AvgIpc) is 3.54. The van der Waals surface area contributed by atoms with E-state index in [0.717, 1.165) is 40.6 Å². The van der Waals surface area contributed by atoms with Crippen LogP contribution in [0.3, 0.4) is 0 Å². The highest BCUT2D eigenvalue weighted by atomic mass is 16.5. The Morgan fingerprint density at radius 3 is 2.57 bits per heavy atom. The fourth-order valence-electron chi connectivity index (χ4n) is 3.75. The molecule has 144 valence electrons. The average molecular weight is 378 g/mol. The molecule has 6 nitrogen and oxygen atoms in total. The third-order valence-corrected chi connectivity index (χ3v) is 5.38. The van der Waals surface area contributed by atoms with Crippen LogP contribution < -0.4 is 16.0 Å². The molecule has 3 aromatic rings. The molecule has 2 heterocycles. The number of carbonyl (C=O) groups excluding carboxylic acids is 1. The zero-order valence-corrected chi connectivity index (χ0v) is 16.1. The molecule has 0 amide bonds. The van der Waals surface area contributed by atoms with Crippen LogP contribution in [0.2, 0.25) is 0 Å². The molecule has 0 spiro atoms. The van der Waals surface area contributed by atoms with Crippen molar-refractivity contribution < 1.29 is 14.3 Å². The van der Waals surface area contributed by atoms with E-state index in [1.54, 1.807) is 23.8 Å². The predicted octanol–water partition coefficient (Wildman–Crippen LogP) is 3.53. The van der Waals surface area contributed by atoms with Crippen LogP contribution in [0, 0.1) is 6.92 Å². The largest absolute Gasteiger partial charge is 0.495 e. The Morgan fingerprint density at radius 2 is 1.93 bits per heavy atom. The topological polar surface area (TPSA) is 83.0 Å². The standard InChI is InChI=1S/C22H22N2O4/c1-12-15(14-6-7-18(23)19(10-14)27-2)8-9-24-20(12)16(13-4-5-13)11-17(21(24)25)22(26)28-3/h6-11,13H,4-5,23H2,1-3H3. The van der Waals surface area contributed by atoms with Crippen molar-refractivity contribution >= 4 is 17.2 Å². The zero-order valence-electron chi connectivity index (χ0n) is 16.1. The van der Waals surface area contributed by atoms with Crippen molar-refractivity contribution in [2.45, 2.75) is 25.7 Å². The Kier molecular flexibility index (Phi) is 4.34. The van der Waals surface area contributed by atoms with Crippen molar-refractivity contribution in [1.29, 1.82) is 0 Å². The fourth-order valence-corrected chi connectivity index (χ4v) is 3.75. The lowest BCUT2D eigenvalue weighted by Gasteiger charge is -2.16. The lowest BCUT2D eigenvalue weighted by atomic mass is 9.96. The third kappa shape index (κ3) is 2.81. The quantitative estimate of drug-likeness (QED) is 0.555. The zero-order chi connectivity index (χ0) is 20.0. The molecule has 4 rings (SSSR count). The number of esters is 1. The Bertz CT molecular complexity index is 1160. The molecular weight excluding hydrogens is 356 g/mol. The minimum absolute atomic E-state index is 0.0724. The Hall–Kier alpha value is -3.28. The lowest BCUT2D eigenvalue weighted by molar-refractivity contribution is 0.0598. The minimum atomic E-state index is -0.605. The van der Waals surface area contributed by atoms with E-state index in [9.17, 15) is 9.59 Å². The van der Waals surface area contributed by atoms with Gasteiger partial charge in [-0.1, -0.05) is 6.07 Å². The van der Waals surface area contributed by atoms with Gasteiger partial charge in [0.1, 0.15) is 11.3 Å². The number of methoxy groups -OCH3 is 2. The van der Waals surface area contributed by atoms with Gasteiger partial charge in [0.05, 0.1) is 25.4 Å². The van der Waals surface area contributed by atoms with Crippen LogP contribution >= 0.6 is 0 Å². The van der Waals surface area contributed by atoms with Gasteiger partial charge in [0.2, 0.25) is 0 Å². The van der Waals surface area contributed by atoms with Crippen molar-refractivity contribution in [3.63, 3.8) is 0 Å². The highest BCUT2D eigenvalue weighted by Crippen LogP contribution is 2.43. The van der Waals surface area contributed by atoms with E-state index in [4.69, 9.17) is 15.2 Å². The molecule has 1 aromatic carbocycles. The van der Waals surface area contributed by atoms with Gasteiger partial charge >= 0.3 is 5.97 Å². The first-order chi connectivity index (χ1) is 13.5. The van der Waals surface area contributed by atoms with Crippen LogP contribution in [0.15, 0.2) is 41.3 Å². The van der Waals surface area contributed by atoms with Gasteiger partial charge in [0, 0.05) is 6.20 Å². The minimum Gasteiger partial charge on any atom is -0.495 e. The monoisotopic (exact) mass is 378 g/mol. The second-order valence-electron chi connectivity index (χ2n) is 7.11. The summed E-state index contributed by atoms with van der Waals surface area (Å²) in [4.78, 5) is 25.0. The molecule has 1 aliphatic rings. The molecule has 0 aliphatic heterocycles. The van der Waals surface area contributed by atoms with E-state index in [1.807, 2.05) is 31.2 Å². The summed E-state index contributed by atoms with van der Waals surface area (Å²) < 4.78 is 11.7. The van der Waals surface area contributed by atoms with Crippen molar-refractivity contribution in [2.24, 2.45) is 0 Å². The molecule has 1 aliphatic carbocycles. The first kappa shape index (κ1) is 18.1. The van der Waals surface area contributed by atoms with Crippen molar-refractivity contribution in [3.8, 4) is 16.9 Å². The van der Waals surface area contributed by atoms with Crippen LogP contribution in [-0.2, 0) is 4.74 Å². The number of hydrogen-bond acceptors (Lipinski definition) is 5. The predicted molar refractivity (Wildman–Crippen MR) is 108 cm³/mol. The summed E-state index contributed by atoms with van der Waals surface area (Å²) in [5.74, 6) is 0.359. The number of nitrogens with two attached hydrogens (primary N) is 1. The number of anilines is 1. The maximum atomic E-state index is 12.9. The van der Waals surface area contributed by atoms with E-state index in [1.165, 1.54) is 7.11 Å². The van der Waals surface area contributed by atoms with Gasteiger partial charge in [-0.2, -0.15) is 0 Å². The fraction of sp³-hybridized carbons (Fsp3) is 0.273.